The van der Waals surface area contributed by atoms with Crippen LogP contribution in [0.1, 0.15) is 5.56 Å². The third-order valence-corrected chi connectivity index (χ3v) is 5.17. The SMILES string of the molecule is O=C(Cn1c(-c2ccc(Cl)cc2)n[nH]c1=S)NCCc1ccc(-n2cccn2)cc1. The van der Waals surface area contributed by atoms with Crippen molar-refractivity contribution in [1.29, 1.82) is 0 Å². The predicted octanol–water partition coefficient (Wildman–Crippen LogP) is 3.81. The summed E-state index contributed by atoms with van der Waals surface area (Å²) in [5, 5.41) is 14.8. The zero-order valence-corrected chi connectivity index (χ0v) is 17.5. The molecule has 4 aromatic rings. The molecule has 0 aliphatic rings. The predicted molar refractivity (Wildman–Crippen MR) is 118 cm³/mol. The first-order valence-corrected chi connectivity index (χ1v) is 10.2. The number of benzene rings is 2. The van der Waals surface area contributed by atoms with Crippen molar-refractivity contribution in [3.63, 3.8) is 0 Å². The van der Waals surface area contributed by atoms with E-state index in [0.717, 1.165) is 23.2 Å². The highest BCUT2D eigenvalue weighted by Gasteiger charge is 2.12. The molecule has 0 aliphatic carbocycles. The quantitative estimate of drug-likeness (QED) is 0.430. The largest absolute Gasteiger partial charge is 0.354 e. The van der Waals surface area contributed by atoms with Crippen LogP contribution in [0, 0.1) is 4.77 Å². The highest BCUT2D eigenvalue weighted by molar-refractivity contribution is 7.71. The number of hydrogen-bond acceptors (Lipinski definition) is 4. The number of nitrogens with zero attached hydrogens (tertiary/aromatic N) is 4. The Bertz CT molecular complexity index is 1180. The highest BCUT2D eigenvalue weighted by atomic mass is 35.5. The van der Waals surface area contributed by atoms with E-state index in [1.54, 1.807) is 27.6 Å². The number of H-pyrrole nitrogens is 1. The average molecular weight is 439 g/mol. The van der Waals surface area contributed by atoms with Crippen molar-refractivity contribution < 1.29 is 4.79 Å². The summed E-state index contributed by atoms with van der Waals surface area (Å²) in [5.41, 5.74) is 2.96. The van der Waals surface area contributed by atoms with Gasteiger partial charge in [0.05, 0.1) is 5.69 Å². The molecule has 0 saturated carbocycles. The van der Waals surface area contributed by atoms with Gasteiger partial charge in [-0.25, -0.2) is 4.68 Å². The maximum absolute atomic E-state index is 12.4. The first kappa shape index (κ1) is 20.1. The third kappa shape index (κ3) is 4.67. The lowest BCUT2D eigenvalue weighted by Gasteiger charge is -2.09. The molecule has 2 aromatic carbocycles. The Morgan fingerprint density at radius 1 is 1.13 bits per heavy atom. The van der Waals surface area contributed by atoms with Gasteiger partial charge in [-0.15, -0.1) is 0 Å². The number of hydrogen-bond donors (Lipinski definition) is 2. The van der Waals surface area contributed by atoms with E-state index in [0.29, 0.717) is 22.2 Å². The minimum absolute atomic E-state index is 0.0888. The van der Waals surface area contributed by atoms with E-state index >= 15 is 0 Å². The monoisotopic (exact) mass is 438 g/mol. The van der Waals surface area contributed by atoms with Crippen molar-refractivity contribution >= 4 is 29.7 Å². The van der Waals surface area contributed by atoms with Crippen LogP contribution in [0.4, 0.5) is 0 Å². The van der Waals surface area contributed by atoms with Crippen molar-refractivity contribution in [2.24, 2.45) is 0 Å². The van der Waals surface area contributed by atoms with Crippen LogP contribution in [-0.4, -0.2) is 37.0 Å². The Balaban J connectivity index is 1.34. The van der Waals surface area contributed by atoms with Crippen LogP contribution in [0.5, 0.6) is 0 Å². The molecule has 4 rings (SSSR count). The number of rotatable bonds is 7. The molecule has 0 fully saturated rings. The smallest absolute Gasteiger partial charge is 0.240 e. The Labute approximate surface area is 183 Å². The minimum Gasteiger partial charge on any atom is -0.354 e. The number of amides is 1. The summed E-state index contributed by atoms with van der Waals surface area (Å²) >= 11 is 11.2. The Morgan fingerprint density at radius 3 is 2.60 bits per heavy atom. The number of nitrogens with one attached hydrogen (secondary N) is 2. The highest BCUT2D eigenvalue weighted by Crippen LogP contribution is 2.19. The van der Waals surface area contributed by atoms with Crippen molar-refractivity contribution in [2.45, 2.75) is 13.0 Å². The molecule has 0 aliphatic heterocycles. The number of aromatic nitrogens is 5. The fourth-order valence-corrected chi connectivity index (χ4v) is 3.39. The van der Waals surface area contributed by atoms with E-state index in [1.165, 1.54) is 0 Å². The van der Waals surface area contributed by atoms with Crippen molar-refractivity contribution in [3.8, 4) is 17.1 Å². The normalized spacial score (nSPS) is 10.8. The van der Waals surface area contributed by atoms with Crippen molar-refractivity contribution in [2.75, 3.05) is 6.54 Å². The molecule has 0 bridgehead atoms. The first-order chi connectivity index (χ1) is 14.6. The van der Waals surface area contributed by atoms with Gasteiger partial charge in [0.1, 0.15) is 6.54 Å². The lowest BCUT2D eigenvalue weighted by atomic mass is 10.1. The summed E-state index contributed by atoms with van der Waals surface area (Å²) in [6.07, 6.45) is 4.37. The Kier molecular flexibility index (Phi) is 6.06. The maximum atomic E-state index is 12.4. The molecule has 0 radical (unpaired) electrons. The number of carbonyl (C=O) groups excluding carboxylic acids is 1. The van der Waals surface area contributed by atoms with Gasteiger partial charge in [-0.1, -0.05) is 23.7 Å². The summed E-state index contributed by atoms with van der Waals surface area (Å²) in [6.45, 7) is 0.618. The molecule has 1 amide bonds. The van der Waals surface area contributed by atoms with Gasteiger partial charge in [0.15, 0.2) is 10.6 Å². The van der Waals surface area contributed by atoms with Crippen LogP contribution in [0.2, 0.25) is 5.02 Å². The molecule has 152 valence electrons. The Morgan fingerprint density at radius 2 is 1.90 bits per heavy atom. The molecule has 0 saturated heterocycles. The van der Waals surface area contributed by atoms with Gasteiger partial charge >= 0.3 is 0 Å². The van der Waals surface area contributed by atoms with Crippen LogP contribution in [0.25, 0.3) is 17.1 Å². The topological polar surface area (TPSA) is 80.5 Å². The third-order valence-electron chi connectivity index (χ3n) is 4.60. The van der Waals surface area contributed by atoms with Gasteiger partial charge in [-0.2, -0.15) is 10.2 Å². The molecule has 30 heavy (non-hydrogen) atoms. The Hall–Kier alpha value is -3.23. The lowest BCUT2D eigenvalue weighted by Crippen LogP contribution is -2.29. The fraction of sp³-hybridized carbons (Fsp3) is 0.143. The summed E-state index contributed by atoms with van der Waals surface area (Å²) in [7, 11) is 0. The maximum Gasteiger partial charge on any atom is 0.240 e. The van der Waals surface area contributed by atoms with Crippen LogP contribution >= 0.6 is 23.8 Å². The summed E-state index contributed by atoms with van der Waals surface area (Å²) in [6, 6.07) is 17.2. The van der Waals surface area contributed by atoms with Crippen molar-refractivity contribution in [1.82, 2.24) is 29.9 Å². The molecular formula is C21H19ClN6OS. The van der Waals surface area contributed by atoms with E-state index in [2.05, 4.69) is 20.6 Å². The zero-order valence-electron chi connectivity index (χ0n) is 16.0. The van der Waals surface area contributed by atoms with Crippen LogP contribution < -0.4 is 5.32 Å². The van der Waals surface area contributed by atoms with Crippen LogP contribution in [-0.2, 0) is 17.8 Å². The number of carbonyl (C=O) groups is 1. The average Bonchev–Trinajstić information content (AvgIpc) is 3.40. The molecule has 7 nitrogen and oxygen atoms in total. The van der Waals surface area contributed by atoms with Gasteiger partial charge in [0, 0.05) is 29.5 Å². The molecule has 0 unspecified atom stereocenters. The second-order valence-corrected chi connectivity index (χ2v) is 7.49. The lowest BCUT2D eigenvalue weighted by molar-refractivity contribution is -0.121. The van der Waals surface area contributed by atoms with Crippen LogP contribution in [0.3, 0.4) is 0 Å². The number of aromatic amines is 1. The van der Waals surface area contributed by atoms with E-state index in [9.17, 15) is 4.79 Å². The van der Waals surface area contributed by atoms with E-state index in [-0.39, 0.29) is 12.5 Å². The molecule has 0 atom stereocenters. The van der Waals surface area contributed by atoms with E-state index in [4.69, 9.17) is 23.8 Å². The van der Waals surface area contributed by atoms with E-state index in [1.807, 2.05) is 48.7 Å². The molecule has 2 aromatic heterocycles. The summed E-state index contributed by atoms with van der Waals surface area (Å²) < 4.78 is 3.87. The summed E-state index contributed by atoms with van der Waals surface area (Å²) in [4.78, 5) is 12.4. The second-order valence-electron chi connectivity index (χ2n) is 6.66. The van der Waals surface area contributed by atoms with Gasteiger partial charge < -0.3 is 5.32 Å². The van der Waals surface area contributed by atoms with Gasteiger partial charge in [0.2, 0.25) is 5.91 Å². The zero-order chi connectivity index (χ0) is 20.9. The minimum atomic E-state index is -0.129. The van der Waals surface area contributed by atoms with Crippen molar-refractivity contribution in [3.05, 3.63) is 82.3 Å². The summed E-state index contributed by atoms with van der Waals surface area (Å²) in [5.74, 6) is 0.469. The van der Waals surface area contributed by atoms with E-state index < -0.39 is 0 Å². The molecule has 2 heterocycles. The molecule has 0 spiro atoms. The molecular weight excluding hydrogens is 420 g/mol. The number of halogens is 1. The van der Waals surface area contributed by atoms with Crippen LogP contribution in [0.15, 0.2) is 67.0 Å². The fourth-order valence-electron chi connectivity index (χ4n) is 3.07. The van der Waals surface area contributed by atoms with Gasteiger partial charge in [-0.3, -0.25) is 14.5 Å². The molecule has 9 heteroatoms. The molecule has 2 N–H and O–H groups in total. The van der Waals surface area contributed by atoms with Gasteiger partial charge in [0.25, 0.3) is 0 Å². The first-order valence-electron chi connectivity index (χ1n) is 9.37. The standard InChI is InChI=1S/C21H19ClN6OS/c22-17-6-4-16(5-7-17)20-25-26-21(30)27(20)14-19(29)23-12-10-15-2-8-18(9-3-15)28-13-1-11-24-28/h1-9,11,13H,10,12,14H2,(H,23,29)(H,26,30). The second kappa shape index (κ2) is 9.06. The van der Waals surface area contributed by atoms with Gasteiger partial charge in [-0.05, 0) is 66.7 Å².